The first kappa shape index (κ1) is 15.2. The third-order valence-electron chi connectivity index (χ3n) is 2.97. The molecule has 0 bridgehead atoms. The Morgan fingerprint density at radius 2 is 2.00 bits per heavy atom. The van der Waals surface area contributed by atoms with E-state index in [9.17, 15) is 13.2 Å². The van der Waals surface area contributed by atoms with Gasteiger partial charge in [-0.2, -0.15) is 0 Å². The van der Waals surface area contributed by atoms with Gasteiger partial charge in [0.05, 0.1) is 24.0 Å². The maximum Gasteiger partial charge on any atom is 0.232 e. The third-order valence-corrected chi connectivity index (χ3v) is 4.15. The van der Waals surface area contributed by atoms with Gasteiger partial charge in [-0.3, -0.25) is 14.1 Å². The zero-order chi connectivity index (χ0) is 15.5. The Bertz CT molecular complexity index is 754. The normalized spacial score (nSPS) is 11.3. The van der Waals surface area contributed by atoms with Crippen molar-refractivity contribution in [3.8, 4) is 0 Å². The molecule has 0 radical (unpaired) electrons. The average Bonchev–Trinajstić information content (AvgIpc) is 2.42. The molecule has 0 saturated carbocycles. The first-order valence-corrected chi connectivity index (χ1v) is 8.30. The molecule has 0 saturated heterocycles. The summed E-state index contributed by atoms with van der Waals surface area (Å²) in [5.74, 6) is -0.195. The van der Waals surface area contributed by atoms with E-state index in [1.54, 1.807) is 24.4 Å². The van der Waals surface area contributed by atoms with E-state index < -0.39 is 10.0 Å². The van der Waals surface area contributed by atoms with Crippen LogP contribution in [0.5, 0.6) is 0 Å². The van der Waals surface area contributed by atoms with Gasteiger partial charge in [0.1, 0.15) is 0 Å². The number of nitrogens with one attached hydrogen (secondary N) is 1. The van der Waals surface area contributed by atoms with Crippen molar-refractivity contribution >= 4 is 32.5 Å². The van der Waals surface area contributed by atoms with Crippen LogP contribution in [0.4, 0.5) is 5.69 Å². The molecule has 0 aliphatic carbocycles. The molecule has 0 aliphatic heterocycles. The van der Waals surface area contributed by atoms with E-state index in [1.165, 1.54) is 11.2 Å². The lowest BCUT2D eigenvalue weighted by atomic mass is 10.2. The van der Waals surface area contributed by atoms with Gasteiger partial charge in [0.15, 0.2) is 0 Å². The highest BCUT2D eigenvalue weighted by Gasteiger charge is 2.19. The quantitative estimate of drug-likeness (QED) is 0.898. The summed E-state index contributed by atoms with van der Waals surface area (Å²) in [6, 6.07) is 9.05. The molecular weight excluding hydrogens is 290 g/mol. The predicted octanol–water partition coefficient (Wildman–Crippen LogP) is 1.14. The van der Waals surface area contributed by atoms with E-state index in [1.807, 2.05) is 12.1 Å². The van der Waals surface area contributed by atoms with Crippen LogP contribution >= 0.6 is 0 Å². The molecule has 112 valence electrons. The van der Waals surface area contributed by atoms with Crippen LogP contribution in [0.2, 0.25) is 0 Å². The van der Waals surface area contributed by atoms with Crippen molar-refractivity contribution in [1.29, 1.82) is 0 Å². The minimum atomic E-state index is -3.47. The Morgan fingerprint density at radius 1 is 1.29 bits per heavy atom. The van der Waals surface area contributed by atoms with Crippen molar-refractivity contribution in [2.45, 2.75) is 6.92 Å². The molecular formula is C14H17N3O3S. The topological polar surface area (TPSA) is 79.4 Å². The second-order valence-corrected chi connectivity index (χ2v) is 6.58. The number of fused-ring (bicyclic) bond motifs is 1. The molecule has 1 heterocycles. The molecule has 0 fully saturated rings. The van der Waals surface area contributed by atoms with Crippen molar-refractivity contribution in [2.75, 3.05) is 23.7 Å². The largest absolute Gasteiger partial charge is 0.355 e. The van der Waals surface area contributed by atoms with Gasteiger partial charge in [-0.1, -0.05) is 18.2 Å². The number of aromatic nitrogens is 1. The Morgan fingerprint density at radius 3 is 2.67 bits per heavy atom. The van der Waals surface area contributed by atoms with Crippen molar-refractivity contribution in [1.82, 2.24) is 10.3 Å². The SMILES string of the molecule is CC(=O)NCCN(c1cccc2cccnc12)S(C)(=O)=O. The summed E-state index contributed by atoms with van der Waals surface area (Å²) in [7, 11) is -3.47. The van der Waals surface area contributed by atoms with Crippen LogP contribution in [0.3, 0.4) is 0 Å². The number of anilines is 1. The average molecular weight is 307 g/mol. The number of nitrogens with zero attached hydrogens (tertiary/aromatic N) is 2. The lowest BCUT2D eigenvalue weighted by Crippen LogP contribution is -2.37. The Kier molecular flexibility index (Phi) is 4.42. The fraction of sp³-hybridized carbons (Fsp3) is 0.286. The summed E-state index contributed by atoms with van der Waals surface area (Å²) >= 11 is 0. The Balaban J connectivity index is 2.42. The zero-order valence-electron chi connectivity index (χ0n) is 11.9. The molecule has 1 aromatic heterocycles. The van der Waals surface area contributed by atoms with Gasteiger partial charge in [-0.05, 0) is 12.1 Å². The molecule has 0 aliphatic rings. The number of hydrogen-bond acceptors (Lipinski definition) is 4. The minimum Gasteiger partial charge on any atom is -0.355 e. The third kappa shape index (κ3) is 3.69. The zero-order valence-corrected chi connectivity index (χ0v) is 12.7. The summed E-state index contributed by atoms with van der Waals surface area (Å²) in [5.41, 5.74) is 1.13. The van der Waals surface area contributed by atoms with Crippen molar-refractivity contribution in [2.24, 2.45) is 0 Å². The number of amides is 1. The fourth-order valence-electron chi connectivity index (χ4n) is 2.09. The van der Waals surface area contributed by atoms with E-state index >= 15 is 0 Å². The van der Waals surface area contributed by atoms with Crippen molar-refractivity contribution < 1.29 is 13.2 Å². The highest BCUT2D eigenvalue weighted by molar-refractivity contribution is 7.92. The van der Waals surface area contributed by atoms with Crippen LogP contribution < -0.4 is 9.62 Å². The smallest absolute Gasteiger partial charge is 0.232 e. The van der Waals surface area contributed by atoms with Gasteiger partial charge in [-0.15, -0.1) is 0 Å². The van der Waals surface area contributed by atoms with Crippen LogP contribution in [0, 0.1) is 0 Å². The number of rotatable bonds is 5. The Hall–Kier alpha value is -2.15. The van der Waals surface area contributed by atoms with Gasteiger partial charge >= 0.3 is 0 Å². The second-order valence-electron chi connectivity index (χ2n) is 4.67. The van der Waals surface area contributed by atoms with Gasteiger partial charge in [-0.25, -0.2) is 8.42 Å². The van der Waals surface area contributed by atoms with E-state index in [0.717, 1.165) is 11.6 Å². The summed E-state index contributed by atoms with van der Waals surface area (Å²) in [5, 5.41) is 3.46. The second kappa shape index (κ2) is 6.09. The first-order chi connectivity index (χ1) is 9.89. The van der Waals surface area contributed by atoms with Crippen LogP contribution in [-0.2, 0) is 14.8 Å². The summed E-state index contributed by atoms with van der Waals surface area (Å²) in [6.07, 6.45) is 2.77. The molecule has 0 spiro atoms. The molecule has 7 heteroatoms. The monoisotopic (exact) mass is 307 g/mol. The number of pyridine rings is 1. The van der Waals surface area contributed by atoms with Crippen LogP contribution in [0.15, 0.2) is 36.5 Å². The first-order valence-electron chi connectivity index (χ1n) is 6.45. The van der Waals surface area contributed by atoms with E-state index in [0.29, 0.717) is 11.2 Å². The Labute approximate surface area is 123 Å². The maximum absolute atomic E-state index is 12.0. The lowest BCUT2D eigenvalue weighted by molar-refractivity contribution is -0.118. The number of carbonyl (C=O) groups excluding carboxylic acids is 1. The summed E-state index contributed by atoms with van der Waals surface area (Å²) < 4.78 is 25.3. The van der Waals surface area contributed by atoms with Crippen molar-refractivity contribution in [3.63, 3.8) is 0 Å². The molecule has 1 N–H and O–H groups in total. The molecule has 21 heavy (non-hydrogen) atoms. The highest BCUT2D eigenvalue weighted by Crippen LogP contribution is 2.26. The predicted molar refractivity (Wildman–Crippen MR) is 82.6 cm³/mol. The van der Waals surface area contributed by atoms with Gasteiger partial charge in [0.25, 0.3) is 0 Å². The number of hydrogen-bond donors (Lipinski definition) is 1. The van der Waals surface area contributed by atoms with Gasteiger partial charge in [0, 0.05) is 25.1 Å². The van der Waals surface area contributed by atoms with E-state index in [2.05, 4.69) is 10.3 Å². The fourth-order valence-corrected chi connectivity index (χ4v) is 3.02. The van der Waals surface area contributed by atoms with E-state index in [-0.39, 0.29) is 19.0 Å². The lowest BCUT2D eigenvalue weighted by Gasteiger charge is -2.23. The number of para-hydroxylation sites is 1. The van der Waals surface area contributed by atoms with Crippen LogP contribution in [-0.4, -0.2) is 38.7 Å². The van der Waals surface area contributed by atoms with Gasteiger partial charge in [0.2, 0.25) is 15.9 Å². The van der Waals surface area contributed by atoms with Gasteiger partial charge < -0.3 is 5.32 Å². The summed E-state index contributed by atoms with van der Waals surface area (Å²) in [4.78, 5) is 15.2. The number of carbonyl (C=O) groups is 1. The molecule has 1 amide bonds. The molecule has 2 aromatic rings. The summed E-state index contributed by atoms with van der Waals surface area (Å²) in [6.45, 7) is 1.80. The highest BCUT2D eigenvalue weighted by atomic mass is 32.2. The minimum absolute atomic E-state index is 0.161. The maximum atomic E-state index is 12.0. The van der Waals surface area contributed by atoms with Crippen LogP contribution in [0.1, 0.15) is 6.92 Å². The standard InChI is InChI=1S/C14H17N3O3S/c1-11(18)15-9-10-17(21(2,19)20)13-7-3-5-12-6-4-8-16-14(12)13/h3-8H,9-10H2,1-2H3,(H,15,18). The molecule has 2 rings (SSSR count). The molecule has 1 aromatic carbocycles. The van der Waals surface area contributed by atoms with E-state index in [4.69, 9.17) is 0 Å². The van der Waals surface area contributed by atoms with Crippen molar-refractivity contribution in [3.05, 3.63) is 36.5 Å². The molecule has 6 nitrogen and oxygen atoms in total. The molecule has 0 atom stereocenters. The number of benzene rings is 1. The molecule has 0 unspecified atom stereocenters. The van der Waals surface area contributed by atoms with Crippen LogP contribution in [0.25, 0.3) is 10.9 Å². The number of sulfonamides is 1.